The maximum Gasteiger partial charge on any atom is 0.240 e. The molecule has 0 saturated carbocycles. The highest BCUT2D eigenvalue weighted by Gasteiger charge is 2.13. The van der Waals surface area contributed by atoms with E-state index in [0.29, 0.717) is 18.1 Å². The summed E-state index contributed by atoms with van der Waals surface area (Å²) < 4.78 is 30.9. The number of nitrogens with one attached hydrogen (secondary N) is 2. The van der Waals surface area contributed by atoms with Gasteiger partial charge in [-0.25, -0.2) is 13.4 Å². The molecule has 0 amide bonds. The molecule has 7 nitrogen and oxygen atoms in total. The summed E-state index contributed by atoms with van der Waals surface area (Å²) in [5.74, 6) is 0.317. The number of hydrogen-bond acceptors (Lipinski definition) is 6. The van der Waals surface area contributed by atoms with E-state index in [0.717, 1.165) is 0 Å². The number of anilines is 1. The summed E-state index contributed by atoms with van der Waals surface area (Å²) in [6.45, 7) is 6.02. The highest BCUT2D eigenvalue weighted by molar-refractivity contribution is 7.92. The molecular weight excluding hydrogens is 268 g/mol. The van der Waals surface area contributed by atoms with Crippen LogP contribution in [0.3, 0.4) is 0 Å². The van der Waals surface area contributed by atoms with Crippen LogP contribution in [0.25, 0.3) is 0 Å². The van der Waals surface area contributed by atoms with Crippen molar-refractivity contribution in [3.8, 4) is 5.88 Å². The predicted octanol–water partition coefficient (Wildman–Crippen LogP) is 0.533. The average Bonchev–Trinajstić information content (AvgIpc) is 2.26. The van der Waals surface area contributed by atoms with E-state index in [9.17, 15) is 8.42 Å². The first kappa shape index (κ1) is 15.6. The van der Waals surface area contributed by atoms with Crippen LogP contribution < -0.4 is 14.8 Å². The Balaban J connectivity index is 2.69. The first-order chi connectivity index (χ1) is 8.82. The van der Waals surface area contributed by atoms with Crippen molar-refractivity contribution in [1.29, 1.82) is 0 Å². The van der Waals surface area contributed by atoms with Gasteiger partial charge in [-0.05, 0) is 6.92 Å². The van der Waals surface area contributed by atoms with E-state index >= 15 is 0 Å². The number of methoxy groups -OCH3 is 1. The Kier molecular flexibility index (Phi) is 5.49. The Hall–Kier alpha value is -1.41. The van der Waals surface area contributed by atoms with Crippen LogP contribution in [0.15, 0.2) is 6.07 Å². The summed E-state index contributed by atoms with van der Waals surface area (Å²) in [4.78, 5) is 7.94. The van der Waals surface area contributed by atoms with Crippen LogP contribution in [0.4, 0.5) is 5.95 Å². The number of aromatic nitrogens is 2. The van der Waals surface area contributed by atoms with Gasteiger partial charge in [-0.2, -0.15) is 4.98 Å². The van der Waals surface area contributed by atoms with Crippen molar-refractivity contribution in [2.45, 2.75) is 26.8 Å². The van der Waals surface area contributed by atoms with Crippen LogP contribution in [-0.4, -0.2) is 43.8 Å². The molecular formula is C11H20N4O3S. The van der Waals surface area contributed by atoms with E-state index in [-0.39, 0.29) is 17.7 Å². The molecule has 2 N–H and O–H groups in total. The zero-order valence-corrected chi connectivity index (χ0v) is 12.4. The summed E-state index contributed by atoms with van der Waals surface area (Å²) in [5.41, 5.74) is 0.629. The molecule has 19 heavy (non-hydrogen) atoms. The Morgan fingerprint density at radius 2 is 2.05 bits per heavy atom. The van der Waals surface area contributed by atoms with Crippen LogP contribution in [0.5, 0.6) is 5.88 Å². The lowest BCUT2D eigenvalue weighted by Crippen LogP contribution is -2.31. The number of sulfonamides is 1. The minimum atomic E-state index is -3.47. The molecule has 0 radical (unpaired) electrons. The van der Waals surface area contributed by atoms with Gasteiger partial charge in [0.1, 0.15) is 0 Å². The van der Waals surface area contributed by atoms with Gasteiger partial charge in [0, 0.05) is 24.3 Å². The van der Waals surface area contributed by atoms with Crippen LogP contribution >= 0.6 is 0 Å². The topological polar surface area (TPSA) is 93.2 Å². The molecule has 1 rings (SSSR count). The van der Waals surface area contributed by atoms with Gasteiger partial charge in [0.05, 0.1) is 12.9 Å². The lowest BCUT2D eigenvalue weighted by Gasteiger charge is -2.10. The molecule has 0 atom stereocenters. The van der Waals surface area contributed by atoms with Gasteiger partial charge in [-0.1, -0.05) is 13.8 Å². The Morgan fingerprint density at radius 3 is 2.63 bits per heavy atom. The third-order valence-corrected chi connectivity index (χ3v) is 3.45. The SMILES string of the molecule is COc1cc(C)nc(NS(=O)(=O)CCNC(C)C)n1. The van der Waals surface area contributed by atoms with Crippen molar-refractivity contribution in [2.75, 3.05) is 24.1 Å². The van der Waals surface area contributed by atoms with Crippen molar-refractivity contribution in [2.24, 2.45) is 0 Å². The number of aryl methyl sites for hydroxylation is 1. The molecule has 0 aliphatic rings. The molecule has 0 aromatic carbocycles. The van der Waals surface area contributed by atoms with E-state index in [1.54, 1.807) is 13.0 Å². The van der Waals surface area contributed by atoms with Crippen molar-refractivity contribution in [3.05, 3.63) is 11.8 Å². The first-order valence-corrected chi connectivity index (χ1v) is 7.61. The Bertz CT molecular complexity index is 517. The molecule has 0 saturated heterocycles. The second-order valence-corrected chi connectivity index (χ2v) is 6.25. The van der Waals surface area contributed by atoms with Gasteiger partial charge in [-0.15, -0.1) is 0 Å². The summed E-state index contributed by atoms with van der Waals surface area (Å²) >= 11 is 0. The maximum atomic E-state index is 11.8. The third-order valence-electron chi connectivity index (χ3n) is 2.21. The van der Waals surface area contributed by atoms with Gasteiger partial charge in [0.25, 0.3) is 0 Å². The highest BCUT2D eigenvalue weighted by Crippen LogP contribution is 2.12. The quantitative estimate of drug-likeness (QED) is 0.760. The van der Waals surface area contributed by atoms with E-state index < -0.39 is 10.0 Å². The van der Waals surface area contributed by atoms with Crippen LogP contribution in [-0.2, 0) is 10.0 Å². The molecule has 8 heteroatoms. The summed E-state index contributed by atoms with van der Waals surface area (Å²) in [6.07, 6.45) is 0. The lowest BCUT2D eigenvalue weighted by atomic mass is 10.4. The minimum absolute atomic E-state index is 0.0291. The number of ether oxygens (including phenoxy) is 1. The second-order valence-electron chi connectivity index (χ2n) is 4.41. The van der Waals surface area contributed by atoms with Crippen molar-refractivity contribution in [3.63, 3.8) is 0 Å². The second kappa shape index (κ2) is 6.67. The summed E-state index contributed by atoms with van der Waals surface area (Å²) in [7, 11) is -2.00. The molecule has 1 heterocycles. The fraction of sp³-hybridized carbons (Fsp3) is 0.636. The molecule has 1 aromatic heterocycles. The van der Waals surface area contributed by atoms with Gasteiger partial charge >= 0.3 is 0 Å². The molecule has 0 aliphatic carbocycles. The van der Waals surface area contributed by atoms with E-state index in [4.69, 9.17) is 4.74 Å². The third kappa shape index (κ3) is 5.84. The Morgan fingerprint density at radius 1 is 1.37 bits per heavy atom. The van der Waals surface area contributed by atoms with Crippen molar-refractivity contribution in [1.82, 2.24) is 15.3 Å². The van der Waals surface area contributed by atoms with E-state index in [2.05, 4.69) is 20.0 Å². The monoisotopic (exact) mass is 288 g/mol. The minimum Gasteiger partial charge on any atom is -0.481 e. The maximum absolute atomic E-state index is 11.8. The lowest BCUT2D eigenvalue weighted by molar-refractivity contribution is 0.397. The highest BCUT2D eigenvalue weighted by atomic mass is 32.2. The molecule has 0 unspecified atom stereocenters. The normalized spacial score (nSPS) is 11.6. The van der Waals surface area contributed by atoms with Crippen LogP contribution in [0, 0.1) is 6.92 Å². The van der Waals surface area contributed by atoms with E-state index in [1.807, 2.05) is 13.8 Å². The van der Waals surface area contributed by atoms with Crippen LogP contribution in [0.1, 0.15) is 19.5 Å². The Labute approximate surface area is 113 Å². The van der Waals surface area contributed by atoms with Crippen molar-refractivity contribution < 1.29 is 13.2 Å². The van der Waals surface area contributed by atoms with Gasteiger partial charge < -0.3 is 10.1 Å². The summed E-state index contributed by atoms with van der Waals surface area (Å²) in [6, 6.07) is 1.86. The molecule has 1 aromatic rings. The summed E-state index contributed by atoms with van der Waals surface area (Å²) in [5, 5.41) is 3.04. The fourth-order valence-corrected chi connectivity index (χ4v) is 2.22. The molecule has 108 valence electrons. The van der Waals surface area contributed by atoms with E-state index in [1.165, 1.54) is 7.11 Å². The van der Waals surface area contributed by atoms with Gasteiger partial charge in [0.15, 0.2) is 0 Å². The van der Waals surface area contributed by atoms with Gasteiger partial charge in [0.2, 0.25) is 21.9 Å². The van der Waals surface area contributed by atoms with Gasteiger partial charge in [-0.3, -0.25) is 4.72 Å². The molecule has 0 aliphatic heterocycles. The zero-order chi connectivity index (χ0) is 14.5. The van der Waals surface area contributed by atoms with Crippen LogP contribution in [0.2, 0.25) is 0 Å². The first-order valence-electron chi connectivity index (χ1n) is 5.96. The predicted molar refractivity (Wildman–Crippen MR) is 73.9 cm³/mol. The fourth-order valence-electron chi connectivity index (χ4n) is 1.36. The standard InChI is InChI=1S/C11H20N4O3S/c1-8(2)12-5-6-19(16,17)15-11-13-9(3)7-10(14-11)18-4/h7-8,12H,5-6H2,1-4H3,(H,13,14,15). The number of rotatable bonds is 7. The zero-order valence-electron chi connectivity index (χ0n) is 11.6. The molecule has 0 fully saturated rings. The number of hydrogen-bond donors (Lipinski definition) is 2. The largest absolute Gasteiger partial charge is 0.481 e. The average molecular weight is 288 g/mol. The molecule has 0 bridgehead atoms. The molecule has 0 spiro atoms. The number of nitrogens with zero attached hydrogens (tertiary/aromatic N) is 2. The smallest absolute Gasteiger partial charge is 0.240 e. The van der Waals surface area contributed by atoms with Crippen molar-refractivity contribution >= 4 is 16.0 Å².